The molecule has 1 fully saturated rings. The Balaban J connectivity index is 1.57. The van der Waals surface area contributed by atoms with Crippen molar-refractivity contribution in [3.8, 4) is 17.6 Å². The summed E-state index contributed by atoms with van der Waals surface area (Å²) in [6.45, 7) is 3.17. The van der Waals surface area contributed by atoms with Gasteiger partial charge in [0.05, 0.1) is 47.1 Å². The Morgan fingerprint density at radius 1 is 1.12 bits per heavy atom. The average molecular weight is 625 g/mol. The van der Waals surface area contributed by atoms with E-state index in [1.165, 1.54) is 25.3 Å². The summed E-state index contributed by atoms with van der Waals surface area (Å²) in [7, 11) is -2.05. The molecule has 0 amide bonds. The molecular formula is C30H36F4N4O4S. The number of anilines is 2. The van der Waals surface area contributed by atoms with Crippen LogP contribution in [-0.2, 0) is 16.4 Å². The Labute approximate surface area is 248 Å². The topological polar surface area (TPSA) is 95.8 Å². The van der Waals surface area contributed by atoms with Crippen LogP contribution < -0.4 is 15.4 Å². The predicted molar refractivity (Wildman–Crippen MR) is 159 cm³/mol. The molecule has 0 radical (unpaired) electrons. The monoisotopic (exact) mass is 624 g/mol. The van der Waals surface area contributed by atoms with Crippen molar-refractivity contribution in [1.82, 2.24) is 9.47 Å². The standard InChI is InChI=1S/C30H36F4N4O4S/c1-29(2,39)18-37-14-12-25(23(31)17-37)36-24-8-5-9-27-22(24)15-20(38(27)19-30(32,33)34)7-6-13-35-26-11-10-21(43(4,40)41)16-28(26)42-3/h5,8-11,15-16,23,25,35-36,39H,12-14,17-19H2,1-4H3/t23-,25?/m1/s1. The predicted octanol–water partition coefficient (Wildman–Crippen LogP) is 4.67. The Hall–Kier alpha value is -3.47. The Bertz CT molecular complexity index is 1620. The number of aliphatic hydroxyl groups is 1. The van der Waals surface area contributed by atoms with E-state index < -0.39 is 40.4 Å². The van der Waals surface area contributed by atoms with Crippen LogP contribution in [0.4, 0.5) is 28.9 Å². The summed E-state index contributed by atoms with van der Waals surface area (Å²) in [5.41, 5.74) is 0.487. The highest BCUT2D eigenvalue weighted by Crippen LogP contribution is 2.32. The second-order valence-electron chi connectivity index (χ2n) is 11.4. The van der Waals surface area contributed by atoms with Crippen LogP contribution in [0.25, 0.3) is 10.9 Å². The summed E-state index contributed by atoms with van der Waals surface area (Å²) in [4.78, 5) is 1.95. The lowest BCUT2D eigenvalue weighted by Crippen LogP contribution is -2.51. The molecule has 3 N–H and O–H groups in total. The fraction of sp³-hybridized carbons (Fsp3) is 0.467. The highest BCUT2D eigenvalue weighted by molar-refractivity contribution is 7.90. The van der Waals surface area contributed by atoms with Gasteiger partial charge in [0.1, 0.15) is 18.5 Å². The molecule has 2 atom stereocenters. The van der Waals surface area contributed by atoms with E-state index in [9.17, 15) is 26.7 Å². The first-order valence-corrected chi connectivity index (χ1v) is 15.6. The van der Waals surface area contributed by atoms with Gasteiger partial charge in [-0.3, -0.25) is 4.90 Å². The van der Waals surface area contributed by atoms with Gasteiger partial charge in [-0.2, -0.15) is 13.2 Å². The van der Waals surface area contributed by atoms with Crippen molar-refractivity contribution in [3.05, 3.63) is 48.2 Å². The first-order chi connectivity index (χ1) is 20.0. The number of aromatic nitrogens is 1. The van der Waals surface area contributed by atoms with Crippen LogP contribution in [0.2, 0.25) is 0 Å². The summed E-state index contributed by atoms with van der Waals surface area (Å²) < 4.78 is 85.9. The third-order valence-corrected chi connectivity index (χ3v) is 8.16. The van der Waals surface area contributed by atoms with Crippen molar-refractivity contribution in [2.45, 2.75) is 55.7 Å². The maximum atomic E-state index is 15.1. The van der Waals surface area contributed by atoms with E-state index >= 15 is 4.39 Å². The highest BCUT2D eigenvalue weighted by Gasteiger charge is 2.33. The van der Waals surface area contributed by atoms with Crippen LogP contribution >= 0.6 is 0 Å². The van der Waals surface area contributed by atoms with Crippen LogP contribution in [0.3, 0.4) is 0 Å². The number of hydrogen-bond acceptors (Lipinski definition) is 7. The second-order valence-corrected chi connectivity index (χ2v) is 13.4. The SMILES string of the molecule is COc1cc(S(C)(=O)=O)ccc1NCC#Cc1cc2c(NC3CCN(CC(C)(C)O)C[C@H]3F)cccc2n1CC(F)(F)F. The molecule has 1 aliphatic rings. The number of methoxy groups -OCH3 is 1. The highest BCUT2D eigenvalue weighted by atomic mass is 32.2. The fourth-order valence-corrected chi connectivity index (χ4v) is 5.84. The van der Waals surface area contributed by atoms with E-state index in [1.54, 1.807) is 38.1 Å². The molecule has 43 heavy (non-hydrogen) atoms. The molecule has 0 aliphatic carbocycles. The number of hydrogen-bond donors (Lipinski definition) is 3. The van der Waals surface area contributed by atoms with Gasteiger partial charge in [-0.15, -0.1) is 0 Å². The molecule has 1 saturated heterocycles. The third-order valence-electron chi connectivity index (χ3n) is 7.04. The van der Waals surface area contributed by atoms with Crippen LogP contribution in [0.15, 0.2) is 47.4 Å². The smallest absolute Gasteiger partial charge is 0.406 e. The number of rotatable bonds is 9. The van der Waals surface area contributed by atoms with Crippen LogP contribution in [-0.4, -0.2) is 86.5 Å². The average Bonchev–Trinajstić information content (AvgIpc) is 3.23. The maximum Gasteiger partial charge on any atom is 0.406 e. The van der Waals surface area contributed by atoms with Crippen LogP contribution in [0.1, 0.15) is 26.0 Å². The molecule has 2 heterocycles. The van der Waals surface area contributed by atoms with Gasteiger partial charge in [0, 0.05) is 43.0 Å². The van der Waals surface area contributed by atoms with Gasteiger partial charge >= 0.3 is 6.18 Å². The molecule has 1 aromatic heterocycles. The lowest BCUT2D eigenvalue weighted by atomic mass is 10.00. The molecule has 0 spiro atoms. The normalized spacial score (nSPS) is 18.3. The number of nitrogens with zero attached hydrogens (tertiary/aromatic N) is 2. The van der Waals surface area contributed by atoms with Gasteiger partial charge in [0.15, 0.2) is 9.84 Å². The number of piperidine rings is 1. The number of benzene rings is 2. The number of β-amino-alcohol motifs (C(OH)–C–C–N with tert-alkyl or cyclic N) is 1. The molecule has 13 heteroatoms. The summed E-state index contributed by atoms with van der Waals surface area (Å²) in [6, 6.07) is 10.3. The van der Waals surface area contributed by atoms with Crippen molar-refractivity contribution in [2.24, 2.45) is 0 Å². The third kappa shape index (κ3) is 8.55. The van der Waals surface area contributed by atoms with Crippen molar-refractivity contribution >= 4 is 32.1 Å². The van der Waals surface area contributed by atoms with Crippen molar-refractivity contribution in [2.75, 3.05) is 50.2 Å². The van der Waals surface area contributed by atoms with E-state index in [1.807, 2.05) is 4.90 Å². The molecule has 8 nitrogen and oxygen atoms in total. The lowest BCUT2D eigenvalue weighted by Gasteiger charge is -2.38. The van der Waals surface area contributed by atoms with Gasteiger partial charge in [-0.1, -0.05) is 12.0 Å². The minimum Gasteiger partial charge on any atom is -0.495 e. The molecule has 234 valence electrons. The van der Waals surface area contributed by atoms with Crippen molar-refractivity contribution < 1.29 is 35.8 Å². The molecule has 1 unspecified atom stereocenters. The Morgan fingerprint density at radius 2 is 1.86 bits per heavy atom. The van der Waals surface area contributed by atoms with Gasteiger partial charge in [-0.25, -0.2) is 12.8 Å². The van der Waals surface area contributed by atoms with Crippen molar-refractivity contribution in [1.29, 1.82) is 0 Å². The number of likely N-dealkylation sites (tertiary alicyclic amines) is 1. The largest absolute Gasteiger partial charge is 0.495 e. The molecule has 3 aromatic rings. The maximum absolute atomic E-state index is 15.1. The molecule has 0 saturated carbocycles. The number of nitrogens with one attached hydrogen (secondary N) is 2. The van der Waals surface area contributed by atoms with Gasteiger partial charge in [0.2, 0.25) is 0 Å². The fourth-order valence-electron chi connectivity index (χ4n) is 5.21. The zero-order valence-corrected chi connectivity index (χ0v) is 25.2. The number of ether oxygens (including phenoxy) is 1. The zero-order chi connectivity index (χ0) is 31.6. The van der Waals surface area contributed by atoms with Gasteiger partial charge < -0.3 is 25.0 Å². The number of halogens is 4. The van der Waals surface area contributed by atoms with E-state index in [0.29, 0.717) is 41.8 Å². The molecular weight excluding hydrogens is 588 g/mol. The minimum atomic E-state index is -4.50. The summed E-state index contributed by atoms with van der Waals surface area (Å²) in [6.07, 6.45) is -4.20. The lowest BCUT2D eigenvalue weighted by molar-refractivity contribution is -0.140. The summed E-state index contributed by atoms with van der Waals surface area (Å²) >= 11 is 0. The van der Waals surface area contributed by atoms with E-state index in [2.05, 4.69) is 22.5 Å². The van der Waals surface area contributed by atoms with E-state index in [4.69, 9.17) is 4.74 Å². The van der Waals surface area contributed by atoms with Crippen LogP contribution in [0.5, 0.6) is 5.75 Å². The van der Waals surface area contributed by atoms with E-state index in [-0.39, 0.29) is 29.4 Å². The minimum absolute atomic E-state index is 0.0416. The molecule has 0 bridgehead atoms. The second kappa shape index (κ2) is 12.6. The number of alkyl halides is 4. The van der Waals surface area contributed by atoms with Gasteiger partial charge in [-0.05, 0) is 56.5 Å². The zero-order valence-electron chi connectivity index (χ0n) is 24.4. The quantitative estimate of drug-likeness (QED) is 0.235. The van der Waals surface area contributed by atoms with E-state index in [0.717, 1.165) is 10.8 Å². The summed E-state index contributed by atoms with van der Waals surface area (Å²) in [5.74, 6) is 5.93. The number of sulfone groups is 1. The first kappa shape index (κ1) is 32.4. The van der Waals surface area contributed by atoms with Crippen molar-refractivity contribution in [3.63, 3.8) is 0 Å². The molecule has 2 aromatic carbocycles. The molecule has 4 rings (SSSR count). The Kier molecular flexibility index (Phi) is 9.54. The van der Waals surface area contributed by atoms with Gasteiger partial charge in [0.25, 0.3) is 0 Å². The Morgan fingerprint density at radius 3 is 2.49 bits per heavy atom. The van der Waals surface area contributed by atoms with Crippen LogP contribution in [0, 0.1) is 11.8 Å². The first-order valence-electron chi connectivity index (χ1n) is 13.7. The molecule has 1 aliphatic heterocycles. The summed E-state index contributed by atoms with van der Waals surface area (Å²) in [5, 5.41) is 16.8. The number of fused-ring (bicyclic) bond motifs is 1.